The number of hydrogen-bond donors (Lipinski definition) is 1. The number of oxime groups is 1. The standard InChI is InChI=1S/C14H13ClN6O6S/c1-25-10-7-9(15)17-13(18-10)19-14(22)21-28(23,24)12-8(3-2-4-16-12)11-20-27-6-5-26-11/h2-4,7H,5-6H2,1H3,(H2,17,18,19,21,22)/p-1. The van der Waals surface area contributed by atoms with Gasteiger partial charge < -0.3 is 24.7 Å². The summed E-state index contributed by atoms with van der Waals surface area (Å²) in [6, 6.07) is 2.91. The zero-order chi connectivity index (χ0) is 20.1. The molecule has 1 aliphatic rings. The van der Waals surface area contributed by atoms with Crippen molar-refractivity contribution >= 4 is 39.5 Å². The van der Waals surface area contributed by atoms with Gasteiger partial charge in [0.2, 0.25) is 11.8 Å². The molecule has 3 heterocycles. The van der Waals surface area contributed by atoms with Crippen LogP contribution >= 0.6 is 11.6 Å². The van der Waals surface area contributed by atoms with Gasteiger partial charge in [-0.15, -0.1) is 0 Å². The molecular formula is C14H12ClN6O6S-. The molecule has 0 unspecified atom stereocenters. The summed E-state index contributed by atoms with van der Waals surface area (Å²) in [6.07, 6.45) is 1.22. The lowest BCUT2D eigenvalue weighted by Gasteiger charge is -2.16. The fourth-order valence-corrected chi connectivity index (χ4v) is 3.17. The fraction of sp³-hybridized carbons (Fsp3) is 0.214. The van der Waals surface area contributed by atoms with Crippen LogP contribution < -0.4 is 15.2 Å². The minimum absolute atomic E-state index is 0.000533. The average Bonchev–Trinajstić information content (AvgIpc) is 2.67. The highest BCUT2D eigenvalue weighted by Crippen LogP contribution is 2.19. The van der Waals surface area contributed by atoms with E-state index in [-0.39, 0.29) is 41.7 Å². The monoisotopic (exact) mass is 427 g/mol. The minimum Gasteiger partial charge on any atom is -0.845 e. The van der Waals surface area contributed by atoms with E-state index in [1.165, 1.54) is 31.5 Å². The molecule has 0 radical (unpaired) electrons. The van der Waals surface area contributed by atoms with Crippen molar-refractivity contribution in [1.29, 1.82) is 0 Å². The van der Waals surface area contributed by atoms with Crippen molar-refractivity contribution in [3.05, 3.63) is 35.1 Å². The molecule has 0 atom stereocenters. The van der Waals surface area contributed by atoms with Gasteiger partial charge in [-0.1, -0.05) is 11.6 Å². The summed E-state index contributed by atoms with van der Waals surface area (Å²) < 4.78 is 38.4. The van der Waals surface area contributed by atoms with Crippen molar-refractivity contribution in [3.63, 3.8) is 0 Å². The molecule has 0 spiro atoms. The van der Waals surface area contributed by atoms with Crippen molar-refractivity contribution in [1.82, 2.24) is 15.0 Å². The van der Waals surface area contributed by atoms with Crippen molar-refractivity contribution in [2.24, 2.45) is 9.55 Å². The summed E-state index contributed by atoms with van der Waals surface area (Å²) in [5.41, 5.74) is -0.000533. The molecule has 148 valence electrons. The molecule has 0 fully saturated rings. The quantitative estimate of drug-likeness (QED) is 0.383. The Morgan fingerprint density at radius 1 is 1.39 bits per heavy atom. The van der Waals surface area contributed by atoms with E-state index < -0.39 is 21.1 Å². The van der Waals surface area contributed by atoms with Gasteiger partial charge in [0.25, 0.3) is 5.90 Å². The third-order valence-corrected chi connectivity index (χ3v) is 4.52. The number of nitrogens with zero attached hydrogens (tertiary/aromatic N) is 5. The minimum atomic E-state index is -4.52. The number of nitrogens with one attached hydrogen (secondary N) is 1. The smallest absolute Gasteiger partial charge is 0.301 e. The van der Waals surface area contributed by atoms with Gasteiger partial charge in [-0.05, 0) is 17.3 Å². The number of anilines is 1. The Bertz CT molecular complexity index is 1040. The van der Waals surface area contributed by atoms with E-state index in [9.17, 15) is 13.5 Å². The topological polar surface area (TPSA) is 160 Å². The van der Waals surface area contributed by atoms with Crippen LogP contribution in [0.5, 0.6) is 5.88 Å². The van der Waals surface area contributed by atoms with Crippen LogP contribution in [-0.4, -0.2) is 55.6 Å². The van der Waals surface area contributed by atoms with Crippen LogP contribution in [0.4, 0.5) is 5.95 Å². The summed E-state index contributed by atoms with van der Waals surface area (Å²) in [5, 5.41) is 17.3. The van der Waals surface area contributed by atoms with E-state index in [2.05, 4.69) is 29.8 Å². The number of halogens is 1. The molecule has 28 heavy (non-hydrogen) atoms. The van der Waals surface area contributed by atoms with Gasteiger partial charge in [0.15, 0.2) is 11.6 Å². The maximum absolute atomic E-state index is 12.6. The highest BCUT2D eigenvalue weighted by atomic mass is 35.5. The maximum Gasteiger partial charge on any atom is 0.301 e. The third kappa shape index (κ3) is 4.55. The predicted molar refractivity (Wildman–Crippen MR) is 94.5 cm³/mol. The molecule has 0 amide bonds. The summed E-state index contributed by atoms with van der Waals surface area (Å²) in [7, 11) is -3.18. The van der Waals surface area contributed by atoms with Gasteiger partial charge in [0, 0.05) is 12.3 Å². The number of amidine groups is 1. The fourth-order valence-electron chi connectivity index (χ4n) is 2.02. The molecule has 0 aromatic carbocycles. The van der Waals surface area contributed by atoms with E-state index >= 15 is 0 Å². The van der Waals surface area contributed by atoms with Gasteiger partial charge in [0.1, 0.15) is 11.8 Å². The van der Waals surface area contributed by atoms with Crippen molar-refractivity contribution in [2.45, 2.75) is 5.03 Å². The number of aromatic nitrogens is 3. The number of ether oxygens (including phenoxy) is 2. The van der Waals surface area contributed by atoms with Crippen LogP contribution in [0, 0.1) is 0 Å². The van der Waals surface area contributed by atoms with Crippen LogP contribution in [0.1, 0.15) is 5.56 Å². The van der Waals surface area contributed by atoms with Crippen LogP contribution in [-0.2, 0) is 19.6 Å². The highest BCUT2D eigenvalue weighted by molar-refractivity contribution is 7.90. The van der Waals surface area contributed by atoms with Gasteiger partial charge in [-0.25, -0.2) is 9.97 Å². The average molecular weight is 428 g/mol. The number of methoxy groups -OCH3 is 1. The number of rotatable bonds is 5. The summed E-state index contributed by atoms with van der Waals surface area (Å²) >= 11 is 5.77. The first-order chi connectivity index (χ1) is 13.4. The Labute approximate surface area is 163 Å². The molecule has 12 nitrogen and oxygen atoms in total. The lowest BCUT2D eigenvalue weighted by Crippen LogP contribution is -2.30. The Balaban J connectivity index is 1.91. The molecule has 0 saturated heterocycles. The Morgan fingerprint density at radius 2 is 2.21 bits per heavy atom. The molecule has 14 heteroatoms. The van der Waals surface area contributed by atoms with Crippen molar-refractivity contribution < 1.29 is 27.8 Å². The first kappa shape index (κ1) is 19.6. The molecule has 1 N–H and O–H groups in total. The second-order valence-corrected chi connectivity index (χ2v) is 6.89. The third-order valence-electron chi connectivity index (χ3n) is 3.11. The van der Waals surface area contributed by atoms with Crippen LogP contribution in [0.15, 0.2) is 39.0 Å². The summed E-state index contributed by atoms with van der Waals surface area (Å²) in [6.45, 7) is 0.403. The van der Waals surface area contributed by atoms with E-state index in [1.54, 1.807) is 0 Å². The second-order valence-electron chi connectivity index (χ2n) is 4.99. The maximum atomic E-state index is 12.6. The van der Waals surface area contributed by atoms with E-state index in [0.29, 0.717) is 0 Å². The molecule has 2 aromatic rings. The Kier molecular flexibility index (Phi) is 5.75. The van der Waals surface area contributed by atoms with Crippen molar-refractivity contribution in [2.75, 3.05) is 25.6 Å². The molecule has 0 saturated carbocycles. The first-order valence-electron chi connectivity index (χ1n) is 7.55. The number of sulfonamides is 1. The highest BCUT2D eigenvalue weighted by Gasteiger charge is 2.25. The molecular weight excluding hydrogens is 416 g/mol. The summed E-state index contributed by atoms with van der Waals surface area (Å²) in [4.78, 5) is 16.2. The zero-order valence-corrected chi connectivity index (χ0v) is 15.8. The normalized spacial score (nSPS) is 14.5. The molecule has 2 aromatic heterocycles. The molecule has 1 aliphatic heterocycles. The first-order valence-corrected chi connectivity index (χ1v) is 9.36. The van der Waals surface area contributed by atoms with Gasteiger partial charge in [0.05, 0.1) is 18.7 Å². The van der Waals surface area contributed by atoms with Crippen molar-refractivity contribution in [3.8, 4) is 5.88 Å². The summed E-state index contributed by atoms with van der Waals surface area (Å²) in [5.74, 6) is -0.308. The zero-order valence-electron chi connectivity index (χ0n) is 14.2. The second kappa shape index (κ2) is 8.22. The lowest BCUT2D eigenvalue weighted by molar-refractivity contribution is -0.213. The van der Waals surface area contributed by atoms with E-state index in [0.717, 1.165) is 0 Å². The molecule has 3 rings (SSSR count). The number of hydrogen-bond acceptors (Lipinski definition) is 10. The molecule has 0 bridgehead atoms. The van der Waals surface area contributed by atoms with Crippen LogP contribution in [0.25, 0.3) is 0 Å². The van der Waals surface area contributed by atoms with Gasteiger partial charge in [-0.2, -0.15) is 17.8 Å². The van der Waals surface area contributed by atoms with Crippen LogP contribution in [0.2, 0.25) is 5.15 Å². The van der Waals surface area contributed by atoms with Gasteiger partial charge >= 0.3 is 10.0 Å². The SMILES string of the molecule is COc1cc(Cl)nc(N/C([O-])=N/S(=O)(=O)c2ncccc2C2=NOCCO2)n1. The van der Waals surface area contributed by atoms with E-state index in [1.807, 2.05) is 0 Å². The predicted octanol–water partition coefficient (Wildman–Crippen LogP) is -0.241. The Morgan fingerprint density at radius 3 is 2.93 bits per heavy atom. The number of pyridine rings is 1. The van der Waals surface area contributed by atoms with E-state index in [4.69, 9.17) is 25.9 Å². The largest absolute Gasteiger partial charge is 0.845 e. The lowest BCUT2D eigenvalue weighted by atomic mass is 10.3. The van der Waals surface area contributed by atoms with Crippen LogP contribution in [0.3, 0.4) is 0 Å². The Hall–Kier alpha value is -3.19. The molecule has 0 aliphatic carbocycles. The van der Waals surface area contributed by atoms with Gasteiger partial charge in [-0.3, -0.25) is 0 Å².